The molecule has 0 spiro atoms. The van der Waals surface area contributed by atoms with Gasteiger partial charge >= 0.3 is 0 Å². The van der Waals surface area contributed by atoms with Crippen molar-refractivity contribution in [3.05, 3.63) is 60.0 Å². The number of hydrogen-bond donors (Lipinski definition) is 0. The summed E-state index contributed by atoms with van der Waals surface area (Å²) in [6.07, 6.45) is 1.63. The Balaban J connectivity index is 1.64. The molecule has 0 atom stereocenters. The van der Waals surface area contributed by atoms with Crippen LogP contribution in [0.1, 0.15) is 10.4 Å². The molecular formula is C15H10FN3O2S. The first kappa shape index (κ1) is 14.4. The number of benzene rings is 1. The van der Waals surface area contributed by atoms with Gasteiger partial charge in [0.1, 0.15) is 11.5 Å². The van der Waals surface area contributed by atoms with E-state index in [1.54, 1.807) is 18.3 Å². The number of halogens is 1. The number of nitrogens with zero attached hydrogens (tertiary/aromatic N) is 3. The molecule has 1 aromatic carbocycles. The molecule has 0 unspecified atom stereocenters. The average Bonchev–Trinajstić information content (AvgIpc) is 3.03. The van der Waals surface area contributed by atoms with Gasteiger partial charge in [-0.15, -0.1) is 10.2 Å². The first-order chi connectivity index (χ1) is 10.7. The molecule has 0 bridgehead atoms. The lowest BCUT2D eigenvalue weighted by atomic mass is 10.1. The quantitative estimate of drug-likeness (QED) is 0.532. The fourth-order valence-corrected chi connectivity index (χ4v) is 2.36. The van der Waals surface area contributed by atoms with Gasteiger partial charge in [-0.1, -0.05) is 17.8 Å². The zero-order valence-electron chi connectivity index (χ0n) is 11.3. The van der Waals surface area contributed by atoms with Crippen LogP contribution in [-0.2, 0) is 0 Å². The predicted octanol–water partition coefficient (Wildman–Crippen LogP) is 3.25. The van der Waals surface area contributed by atoms with Gasteiger partial charge in [0.25, 0.3) is 11.1 Å². The van der Waals surface area contributed by atoms with Gasteiger partial charge < -0.3 is 4.42 Å². The van der Waals surface area contributed by atoms with Crippen molar-refractivity contribution in [2.75, 3.05) is 5.75 Å². The predicted molar refractivity (Wildman–Crippen MR) is 79.0 cm³/mol. The van der Waals surface area contributed by atoms with Crippen LogP contribution in [0.5, 0.6) is 0 Å². The lowest BCUT2D eigenvalue weighted by Crippen LogP contribution is -2.02. The Hall–Kier alpha value is -2.54. The third kappa shape index (κ3) is 3.37. The van der Waals surface area contributed by atoms with Crippen molar-refractivity contribution in [3.63, 3.8) is 0 Å². The second-order valence-electron chi connectivity index (χ2n) is 4.31. The molecule has 0 aliphatic rings. The minimum absolute atomic E-state index is 0.134. The molecule has 0 aliphatic heterocycles. The molecule has 0 saturated heterocycles. The van der Waals surface area contributed by atoms with Gasteiger partial charge in [0.2, 0.25) is 0 Å². The molecule has 7 heteroatoms. The molecule has 2 aromatic heterocycles. The van der Waals surface area contributed by atoms with E-state index >= 15 is 0 Å². The average molecular weight is 315 g/mol. The van der Waals surface area contributed by atoms with Crippen molar-refractivity contribution in [1.29, 1.82) is 0 Å². The monoisotopic (exact) mass is 315 g/mol. The maximum Gasteiger partial charge on any atom is 0.277 e. The molecular weight excluding hydrogens is 305 g/mol. The van der Waals surface area contributed by atoms with E-state index in [1.165, 1.54) is 24.3 Å². The first-order valence-electron chi connectivity index (χ1n) is 6.39. The fraction of sp³-hybridized carbons (Fsp3) is 0.0667. The van der Waals surface area contributed by atoms with Crippen LogP contribution in [0.4, 0.5) is 4.39 Å². The van der Waals surface area contributed by atoms with Crippen LogP contribution in [0, 0.1) is 5.82 Å². The molecule has 0 radical (unpaired) electrons. The Kier molecular flexibility index (Phi) is 4.24. The van der Waals surface area contributed by atoms with Gasteiger partial charge in [-0.3, -0.25) is 9.78 Å². The number of carbonyl (C=O) groups is 1. The van der Waals surface area contributed by atoms with Crippen molar-refractivity contribution in [2.24, 2.45) is 0 Å². The van der Waals surface area contributed by atoms with E-state index in [0.717, 1.165) is 11.8 Å². The molecule has 0 saturated carbocycles. The Morgan fingerprint density at radius 2 is 1.95 bits per heavy atom. The highest BCUT2D eigenvalue weighted by molar-refractivity contribution is 7.99. The van der Waals surface area contributed by atoms with Crippen molar-refractivity contribution >= 4 is 17.5 Å². The maximum atomic E-state index is 12.8. The summed E-state index contributed by atoms with van der Waals surface area (Å²) in [5.41, 5.74) is 1.02. The number of thioether (sulfide) groups is 1. The van der Waals surface area contributed by atoms with E-state index < -0.39 is 0 Å². The molecule has 2 heterocycles. The van der Waals surface area contributed by atoms with E-state index in [9.17, 15) is 9.18 Å². The van der Waals surface area contributed by atoms with Crippen LogP contribution in [0.2, 0.25) is 0 Å². The van der Waals surface area contributed by atoms with Crippen molar-refractivity contribution < 1.29 is 13.6 Å². The Morgan fingerprint density at radius 1 is 1.14 bits per heavy atom. The zero-order valence-corrected chi connectivity index (χ0v) is 12.1. The van der Waals surface area contributed by atoms with Crippen LogP contribution >= 0.6 is 11.8 Å². The number of hydrogen-bond acceptors (Lipinski definition) is 6. The van der Waals surface area contributed by atoms with Gasteiger partial charge in [-0.05, 0) is 36.4 Å². The molecule has 3 aromatic rings. The molecule has 0 fully saturated rings. The molecule has 3 rings (SSSR count). The summed E-state index contributed by atoms with van der Waals surface area (Å²) in [7, 11) is 0. The van der Waals surface area contributed by atoms with Crippen LogP contribution in [0.25, 0.3) is 11.6 Å². The fourth-order valence-electron chi connectivity index (χ4n) is 1.71. The normalized spacial score (nSPS) is 10.6. The standard InChI is InChI=1S/C15H10FN3O2S/c16-11-6-4-10(5-7-11)13(20)9-22-15-19-18-14(21-15)12-3-1-2-8-17-12/h1-8H,9H2. The number of rotatable bonds is 5. The molecule has 0 amide bonds. The van der Waals surface area contributed by atoms with E-state index in [0.29, 0.717) is 17.1 Å². The third-order valence-electron chi connectivity index (χ3n) is 2.78. The van der Waals surface area contributed by atoms with E-state index in [-0.39, 0.29) is 22.6 Å². The van der Waals surface area contributed by atoms with E-state index in [2.05, 4.69) is 15.2 Å². The highest BCUT2D eigenvalue weighted by Crippen LogP contribution is 2.22. The van der Waals surface area contributed by atoms with Crippen LogP contribution in [-0.4, -0.2) is 26.7 Å². The van der Waals surface area contributed by atoms with Gasteiger partial charge in [0.15, 0.2) is 5.78 Å². The summed E-state index contributed by atoms with van der Waals surface area (Å²) in [4.78, 5) is 16.1. The number of ketones is 1. The summed E-state index contributed by atoms with van der Waals surface area (Å²) in [6.45, 7) is 0. The molecule has 5 nitrogen and oxygen atoms in total. The van der Waals surface area contributed by atoms with Gasteiger partial charge in [0.05, 0.1) is 5.75 Å². The smallest absolute Gasteiger partial charge is 0.277 e. The summed E-state index contributed by atoms with van der Waals surface area (Å²) < 4.78 is 18.3. The largest absolute Gasteiger partial charge is 0.410 e. The number of pyridine rings is 1. The minimum atomic E-state index is -0.374. The second-order valence-corrected chi connectivity index (χ2v) is 5.23. The van der Waals surface area contributed by atoms with E-state index in [4.69, 9.17) is 4.42 Å². The van der Waals surface area contributed by atoms with Crippen molar-refractivity contribution in [3.8, 4) is 11.6 Å². The second kappa shape index (κ2) is 6.48. The van der Waals surface area contributed by atoms with E-state index in [1.807, 2.05) is 6.07 Å². The summed E-state index contributed by atoms with van der Waals surface area (Å²) in [6, 6.07) is 10.8. The zero-order chi connectivity index (χ0) is 15.4. The highest BCUT2D eigenvalue weighted by Gasteiger charge is 2.12. The number of carbonyl (C=O) groups excluding carboxylic acids is 1. The minimum Gasteiger partial charge on any atom is -0.410 e. The van der Waals surface area contributed by atoms with Crippen LogP contribution < -0.4 is 0 Å². The van der Waals surface area contributed by atoms with Gasteiger partial charge in [0, 0.05) is 11.8 Å². The van der Waals surface area contributed by atoms with Crippen molar-refractivity contribution in [2.45, 2.75) is 5.22 Å². The first-order valence-corrected chi connectivity index (χ1v) is 7.37. The molecule has 22 heavy (non-hydrogen) atoms. The van der Waals surface area contributed by atoms with Gasteiger partial charge in [-0.2, -0.15) is 0 Å². The summed E-state index contributed by atoms with van der Waals surface area (Å²) in [5, 5.41) is 8.04. The topological polar surface area (TPSA) is 68.9 Å². The van der Waals surface area contributed by atoms with Crippen molar-refractivity contribution in [1.82, 2.24) is 15.2 Å². The molecule has 0 N–H and O–H groups in total. The Labute approximate surface area is 129 Å². The number of aromatic nitrogens is 3. The SMILES string of the molecule is O=C(CSc1nnc(-c2ccccn2)o1)c1ccc(F)cc1. The summed E-state index contributed by atoms with van der Waals surface area (Å²) in [5.74, 6) is -0.0730. The Bertz CT molecular complexity index is 775. The highest BCUT2D eigenvalue weighted by atomic mass is 32.2. The van der Waals surface area contributed by atoms with Crippen LogP contribution in [0.3, 0.4) is 0 Å². The number of Topliss-reactive ketones (excluding diaryl/α,β-unsaturated/α-hetero) is 1. The lowest BCUT2D eigenvalue weighted by molar-refractivity contribution is 0.102. The maximum absolute atomic E-state index is 12.8. The molecule has 0 aliphatic carbocycles. The summed E-state index contributed by atoms with van der Waals surface area (Å²) >= 11 is 1.13. The van der Waals surface area contributed by atoms with Crippen LogP contribution in [0.15, 0.2) is 58.3 Å². The Morgan fingerprint density at radius 3 is 2.68 bits per heavy atom. The third-order valence-corrected chi connectivity index (χ3v) is 3.60. The molecule has 110 valence electrons. The lowest BCUT2D eigenvalue weighted by Gasteiger charge is -1.98. The van der Waals surface area contributed by atoms with Gasteiger partial charge in [-0.25, -0.2) is 4.39 Å².